The van der Waals surface area contributed by atoms with Crippen LogP contribution in [0.25, 0.3) is 0 Å². The molecule has 5 rings (SSSR count). The molecule has 1 aliphatic carbocycles. The summed E-state index contributed by atoms with van der Waals surface area (Å²) in [5.41, 5.74) is 0. The predicted octanol–water partition coefficient (Wildman–Crippen LogP) is 3.55. The number of rotatable bonds is 8. The SMILES string of the molecule is O=C(NCCC1C(Nc2nccc(N3CCCCCC3)n2)CCN1C1CCCCC1)C1CCCNC1. The number of anilines is 2. The van der Waals surface area contributed by atoms with Crippen molar-refractivity contribution < 1.29 is 4.79 Å². The van der Waals surface area contributed by atoms with Crippen LogP contribution in [-0.4, -0.2) is 78.2 Å². The quantitative estimate of drug-likeness (QED) is 0.506. The Balaban J connectivity index is 1.22. The van der Waals surface area contributed by atoms with Crippen molar-refractivity contribution in [2.24, 2.45) is 5.92 Å². The zero-order valence-corrected chi connectivity index (χ0v) is 22.1. The molecule has 1 amide bonds. The fourth-order valence-electron chi connectivity index (χ4n) is 6.90. The molecule has 3 atom stereocenters. The first kappa shape index (κ1) is 25.7. The molecule has 1 aromatic heterocycles. The summed E-state index contributed by atoms with van der Waals surface area (Å²) < 4.78 is 0. The number of nitrogens with one attached hydrogen (secondary N) is 3. The molecule has 0 bridgehead atoms. The van der Waals surface area contributed by atoms with Gasteiger partial charge < -0.3 is 20.9 Å². The topological polar surface area (TPSA) is 85.4 Å². The molecule has 0 radical (unpaired) electrons. The molecule has 200 valence electrons. The molecule has 0 spiro atoms. The van der Waals surface area contributed by atoms with Gasteiger partial charge in [0, 0.05) is 57.0 Å². The molecule has 1 aromatic rings. The number of amides is 1. The molecule has 4 aliphatic rings. The van der Waals surface area contributed by atoms with Crippen LogP contribution in [0.2, 0.25) is 0 Å². The van der Waals surface area contributed by atoms with Gasteiger partial charge in [-0.25, -0.2) is 4.98 Å². The lowest BCUT2D eigenvalue weighted by Crippen LogP contribution is -2.47. The number of carbonyl (C=O) groups is 1. The summed E-state index contributed by atoms with van der Waals surface area (Å²) in [4.78, 5) is 27.5. The van der Waals surface area contributed by atoms with Gasteiger partial charge in [-0.3, -0.25) is 9.69 Å². The number of nitrogens with zero attached hydrogens (tertiary/aromatic N) is 4. The Morgan fingerprint density at radius 3 is 2.56 bits per heavy atom. The van der Waals surface area contributed by atoms with Crippen molar-refractivity contribution in [2.45, 2.75) is 102 Å². The number of piperidine rings is 1. The highest BCUT2D eigenvalue weighted by molar-refractivity contribution is 5.78. The van der Waals surface area contributed by atoms with E-state index in [0.29, 0.717) is 18.1 Å². The maximum Gasteiger partial charge on any atom is 0.224 e. The van der Waals surface area contributed by atoms with Gasteiger partial charge in [-0.15, -0.1) is 0 Å². The van der Waals surface area contributed by atoms with Gasteiger partial charge in [-0.1, -0.05) is 32.1 Å². The van der Waals surface area contributed by atoms with E-state index in [9.17, 15) is 4.79 Å². The Morgan fingerprint density at radius 1 is 0.972 bits per heavy atom. The summed E-state index contributed by atoms with van der Waals surface area (Å²) in [6.45, 7) is 5.91. The molecular weight excluding hydrogens is 450 g/mol. The van der Waals surface area contributed by atoms with E-state index in [2.05, 4.69) is 36.8 Å². The van der Waals surface area contributed by atoms with E-state index in [1.54, 1.807) is 0 Å². The van der Waals surface area contributed by atoms with Gasteiger partial charge >= 0.3 is 0 Å². The predicted molar refractivity (Wildman–Crippen MR) is 145 cm³/mol. The molecule has 3 N–H and O–H groups in total. The minimum Gasteiger partial charge on any atom is -0.356 e. The maximum absolute atomic E-state index is 12.7. The summed E-state index contributed by atoms with van der Waals surface area (Å²) in [7, 11) is 0. The molecule has 3 saturated heterocycles. The number of carbonyl (C=O) groups excluding carboxylic acids is 1. The Labute approximate surface area is 217 Å². The van der Waals surface area contributed by atoms with E-state index < -0.39 is 0 Å². The van der Waals surface area contributed by atoms with Crippen LogP contribution in [0.5, 0.6) is 0 Å². The van der Waals surface area contributed by atoms with Crippen LogP contribution >= 0.6 is 0 Å². The molecule has 0 aromatic carbocycles. The van der Waals surface area contributed by atoms with E-state index in [0.717, 1.165) is 76.7 Å². The van der Waals surface area contributed by atoms with E-state index in [-0.39, 0.29) is 11.8 Å². The minimum absolute atomic E-state index is 0.126. The molecule has 3 aliphatic heterocycles. The summed E-state index contributed by atoms with van der Waals surface area (Å²) in [5, 5.41) is 10.4. The van der Waals surface area contributed by atoms with Crippen molar-refractivity contribution in [3.8, 4) is 0 Å². The number of hydrogen-bond donors (Lipinski definition) is 3. The first-order chi connectivity index (χ1) is 17.8. The van der Waals surface area contributed by atoms with Crippen molar-refractivity contribution in [1.29, 1.82) is 0 Å². The molecule has 4 heterocycles. The van der Waals surface area contributed by atoms with Crippen molar-refractivity contribution in [3.05, 3.63) is 12.3 Å². The highest BCUT2D eigenvalue weighted by atomic mass is 16.1. The van der Waals surface area contributed by atoms with Crippen molar-refractivity contribution >= 4 is 17.7 Å². The fraction of sp³-hybridized carbons (Fsp3) is 0.821. The summed E-state index contributed by atoms with van der Waals surface area (Å²) in [6, 6.07) is 3.47. The lowest BCUT2D eigenvalue weighted by atomic mass is 9.93. The summed E-state index contributed by atoms with van der Waals surface area (Å²) in [5.74, 6) is 2.17. The molecular formula is C28H47N7O. The third-order valence-electron chi connectivity index (χ3n) is 8.92. The monoisotopic (exact) mass is 497 g/mol. The Hall–Kier alpha value is -1.93. The second kappa shape index (κ2) is 13.0. The van der Waals surface area contributed by atoms with Gasteiger partial charge in [0.1, 0.15) is 5.82 Å². The average molecular weight is 498 g/mol. The van der Waals surface area contributed by atoms with Gasteiger partial charge in [-0.05, 0) is 64.0 Å². The van der Waals surface area contributed by atoms with Gasteiger partial charge in [0.15, 0.2) is 0 Å². The zero-order chi connectivity index (χ0) is 24.6. The van der Waals surface area contributed by atoms with Gasteiger partial charge in [0.25, 0.3) is 0 Å². The van der Waals surface area contributed by atoms with E-state index >= 15 is 0 Å². The Kier molecular flexibility index (Phi) is 9.31. The number of hydrogen-bond acceptors (Lipinski definition) is 7. The van der Waals surface area contributed by atoms with Crippen LogP contribution < -0.4 is 20.9 Å². The molecule has 36 heavy (non-hydrogen) atoms. The third-order valence-corrected chi connectivity index (χ3v) is 8.92. The summed E-state index contributed by atoms with van der Waals surface area (Å²) in [6.07, 6.45) is 17.9. The second-order valence-corrected chi connectivity index (χ2v) is 11.4. The lowest BCUT2D eigenvalue weighted by Gasteiger charge is -2.37. The smallest absolute Gasteiger partial charge is 0.224 e. The first-order valence-electron chi connectivity index (χ1n) is 14.9. The second-order valence-electron chi connectivity index (χ2n) is 11.4. The van der Waals surface area contributed by atoms with Crippen molar-refractivity contribution in [1.82, 2.24) is 25.5 Å². The van der Waals surface area contributed by atoms with Crippen LogP contribution in [-0.2, 0) is 4.79 Å². The molecule has 1 saturated carbocycles. The van der Waals surface area contributed by atoms with Crippen molar-refractivity contribution in [2.75, 3.05) is 49.5 Å². The molecule has 8 heteroatoms. The van der Waals surface area contributed by atoms with Crippen molar-refractivity contribution in [3.63, 3.8) is 0 Å². The van der Waals surface area contributed by atoms with Gasteiger partial charge in [-0.2, -0.15) is 4.98 Å². The average Bonchev–Trinajstić information content (AvgIpc) is 3.12. The molecule has 4 fully saturated rings. The van der Waals surface area contributed by atoms with Crippen LogP contribution in [0.15, 0.2) is 12.3 Å². The number of likely N-dealkylation sites (tertiary alicyclic amines) is 1. The Bertz CT molecular complexity index is 816. The lowest BCUT2D eigenvalue weighted by molar-refractivity contribution is -0.125. The van der Waals surface area contributed by atoms with Gasteiger partial charge in [0.2, 0.25) is 11.9 Å². The number of aromatic nitrogens is 2. The third kappa shape index (κ3) is 6.68. The largest absolute Gasteiger partial charge is 0.356 e. The highest BCUT2D eigenvalue weighted by Gasteiger charge is 2.38. The van der Waals surface area contributed by atoms with Crippen LogP contribution in [0.3, 0.4) is 0 Å². The van der Waals surface area contributed by atoms with E-state index in [4.69, 9.17) is 4.98 Å². The first-order valence-corrected chi connectivity index (χ1v) is 14.9. The zero-order valence-electron chi connectivity index (χ0n) is 22.1. The molecule has 3 unspecified atom stereocenters. The normalized spacial score (nSPS) is 28.6. The standard InChI is InChI=1S/C28H47N7O/c36-27(22-9-8-15-29-21-22)30-16-12-25-24(14-20-35(25)23-10-4-3-5-11-23)32-28-31-17-13-26(33-28)34-18-6-1-2-7-19-34/h13,17,22-25,29H,1-12,14-16,18-21H2,(H,30,36)(H,31,32,33). The van der Waals surface area contributed by atoms with Crippen LogP contribution in [0, 0.1) is 5.92 Å². The van der Waals surface area contributed by atoms with Crippen LogP contribution in [0.4, 0.5) is 11.8 Å². The molecule has 8 nitrogen and oxygen atoms in total. The fourth-order valence-corrected chi connectivity index (χ4v) is 6.90. The Morgan fingerprint density at radius 2 is 1.78 bits per heavy atom. The highest BCUT2D eigenvalue weighted by Crippen LogP contribution is 2.32. The van der Waals surface area contributed by atoms with E-state index in [1.807, 2.05) is 6.20 Å². The maximum atomic E-state index is 12.7. The minimum atomic E-state index is 0.126. The summed E-state index contributed by atoms with van der Waals surface area (Å²) >= 11 is 0. The van der Waals surface area contributed by atoms with Gasteiger partial charge in [0.05, 0.1) is 5.92 Å². The van der Waals surface area contributed by atoms with E-state index in [1.165, 1.54) is 57.8 Å². The van der Waals surface area contributed by atoms with Crippen LogP contribution in [0.1, 0.15) is 83.5 Å².